The van der Waals surface area contributed by atoms with Crippen LogP contribution in [0, 0.1) is 6.92 Å². The number of carbonyl (C=O) groups excluding carboxylic acids is 1. The molecule has 5 heteroatoms. The molecule has 0 saturated carbocycles. The fourth-order valence-electron chi connectivity index (χ4n) is 1.84. The van der Waals surface area contributed by atoms with Gasteiger partial charge in [-0.05, 0) is 31.2 Å². The van der Waals surface area contributed by atoms with Gasteiger partial charge in [-0.25, -0.2) is 0 Å². The monoisotopic (exact) mass is 287 g/mol. The lowest BCUT2D eigenvalue weighted by Gasteiger charge is -2.12. The molecule has 21 heavy (non-hydrogen) atoms. The van der Waals surface area contributed by atoms with Gasteiger partial charge < -0.3 is 19.9 Å². The molecule has 0 aliphatic carbocycles. The lowest BCUT2D eigenvalue weighted by Crippen LogP contribution is -2.20. The number of nitrogens with one attached hydrogen (secondary N) is 1. The number of benzene rings is 2. The Morgan fingerprint density at radius 3 is 2.62 bits per heavy atom. The molecule has 0 radical (unpaired) electrons. The molecule has 1 amide bonds. The summed E-state index contributed by atoms with van der Waals surface area (Å²) in [5.41, 5.74) is 1.18. The molecular weight excluding hydrogens is 270 g/mol. The van der Waals surface area contributed by atoms with Crippen molar-refractivity contribution in [1.82, 2.24) is 0 Å². The van der Waals surface area contributed by atoms with E-state index in [1.165, 1.54) is 7.11 Å². The Morgan fingerprint density at radius 2 is 1.86 bits per heavy atom. The van der Waals surface area contributed by atoms with Gasteiger partial charge in [0.25, 0.3) is 5.91 Å². The first kappa shape index (κ1) is 14.7. The highest BCUT2D eigenvalue weighted by molar-refractivity contribution is 5.93. The summed E-state index contributed by atoms with van der Waals surface area (Å²) in [6, 6.07) is 12.1. The fraction of sp³-hybridized carbons (Fsp3) is 0.188. The Bertz CT molecular complexity index is 640. The zero-order valence-electron chi connectivity index (χ0n) is 11.9. The Morgan fingerprint density at radius 1 is 1.14 bits per heavy atom. The van der Waals surface area contributed by atoms with Gasteiger partial charge in [-0.2, -0.15) is 0 Å². The van der Waals surface area contributed by atoms with Crippen molar-refractivity contribution in [2.45, 2.75) is 6.92 Å². The third kappa shape index (κ3) is 3.66. The number of rotatable bonds is 5. The first-order valence-electron chi connectivity index (χ1n) is 6.46. The lowest BCUT2D eigenvalue weighted by molar-refractivity contribution is -0.118. The number of hydrogen-bond acceptors (Lipinski definition) is 4. The average Bonchev–Trinajstić information content (AvgIpc) is 2.49. The summed E-state index contributed by atoms with van der Waals surface area (Å²) in [7, 11) is 1.54. The van der Waals surface area contributed by atoms with Gasteiger partial charge in [0.15, 0.2) is 6.61 Å². The van der Waals surface area contributed by atoms with E-state index >= 15 is 0 Å². The van der Waals surface area contributed by atoms with Gasteiger partial charge >= 0.3 is 0 Å². The van der Waals surface area contributed by atoms with Gasteiger partial charge in [0.2, 0.25) is 0 Å². The molecule has 0 atom stereocenters. The number of ether oxygens (including phenoxy) is 2. The standard InChI is InChI=1S/C16H17NO4/c1-11-13(18)7-5-9-14(11)21-10-16(19)17-12-6-3-4-8-15(12)20-2/h3-9,18H,10H2,1-2H3,(H,17,19). The van der Waals surface area contributed by atoms with Crippen molar-refractivity contribution in [2.24, 2.45) is 0 Å². The molecule has 0 saturated heterocycles. The van der Waals surface area contributed by atoms with E-state index in [2.05, 4.69) is 5.32 Å². The molecule has 0 aliphatic rings. The molecule has 0 fully saturated rings. The predicted molar refractivity (Wildman–Crippen MR) is 80.0 cm³/mol. The lowest BCUT2D eigenvalue weighted by atomic mass is 10.2. The molecule has 0 aromatic heterocycles. The normalized spacial score (nSPS) is 10.0. The van der Waals surface area contributed by atoms with E-state index in [1.807, 2.05) is 6.07 Å². The summed E-state index contributed by atoms with van der Waals surface area (Å²) >= 11 is 0. The molecule has 110 valence electrons. The molecule has 0 aliphatic heterocycles. The maximum absolute atomic E-state index is 11.9. The third-order valence-electron chi connectivity index (χ3n) is 3.00. The van der Waals surface area contributed by atoms with Crippen molar-refractivity contribution in [3.63, 3.8) is 0 Å². The number of carbonyl (C=O) groups is 1. The second kappa shape index (κ2) is 6.65. The predicted octanol–water partition coefficient (Wildman–Crippen LogP) is 2.73. The summed E-state index contributed by atoms with van der Waals surface area (Å²) in [6.07, 6.45) is 0. The first-order valence-corrected chi connectivity index (χ1v) is 6.46. The summed E-state index contributed by atoms with van der Waals surface area (Å²) in [5, 5.41) is 12.3. The van der Waals surface area contributed by atoms with E-state index in [4.69, 9.17) is 9.47 Å². The zero-order chi connectivity index (χ0) is 15.2. The maximum atomic E-state index is 11.9. The van der Waals surface area contributed by atoms with Crippen LogP contribution in [0.3, 0.4) is 0 Å². The third-order valence-corrected chi connectivity index (χ3v) is 3.00. The van der Waals surface area contributed by atoms with Crippen LogP contribution in [-0.2, 0) is 4.79 Å². The molecule has 2 rings (SSSR count). The minimum atomic E-state index is -0.303. The summed E-state index contributed by atoms with van der Waals surface area (Å²) in [6.45, 7) is 1.57. The van der Waals surface area contributed by atoms with Crippen molar-refractivity contribution in [3.8, 4) is 17.2 Å². The molecule has 2 aromatic carbocycles. The van der Waals surface area contributed by atoms with Gasteiger partial charge in [0, 0.05) is 5.56 Å². The highest BCUT2D eigenvalue weighted by Crippen LogP contribution is 2.26. The smallest absolute Gasteiger partial charge is 0.262 e. The second-order valence-corrected chi connectivity index (χ2v) is 4.44. The number of phenols is 1. The zero-order valence-corrected chi connectivity index (χ0v) is 11.9. The maximum Gasteiger partial charge on any atom is 0.262 e. The summed E-state index contributed by atoms with van der Waals surface area (Å²) < 4.78 is 10.6. The molecule has 5 nitrogen and oxygen atoms in total. The van der Waals surface area contributed by atoms with Crippen LogP contribution in [0.5, 0.6) is 17.2 Å². The average molecular weight is 287 g/mol. The van der Waals surface area contributed by atoms with Crippen LogP contribution in [0.25, 0.3) is 0 Å². The molecule has 2 N–H and O–H groups in total. The van der Waals surface area contributed by atoms with Gasteiger partial charge in [0.1, 0.15) is 17.2 Å². The van der Waals surface area contributed by atoms with E-state index in [1.54, 1.807) is 43.3 Å². The SMILES string of the molecule is COc1ccccc1NC(=O)COc1cccc(O)c1C. The molecule has 0 heterocycles. The Hall–Kier alpha value is -2.69. The van der Waals surface area contributed by atoms with Crippen LogP contribution in [0.4, 0.5) is 5.69 Å². The van der Waals surface area contributed by atoms with Crippen molar-refractivity contribution >= 4 is 11.6 Å². The molecule has 2 aromatic rings. The number of para-hydroxylation sites is 2. The number of aromatic hydroxyl groups is 1. The molecular formula is C16H17NO4. The Balaban J connectivity index is 1.98. The quantitative estimate of drug-likeness (QED) is 0.887. The highest BCUT2D eigenvalue weighted by Gasteiger charge is 2.09. The van der Waals surface area contributed by atoms with E-state index in [-0.39, 0.29) is 18.3 Å². The van der Waals surface area contributed by atoms with Crippen molar-refractivity contribution in [3.05, 3.63) is 48.0 Å². The highest BCUT2D eigenvalue weighted by atomic mass is 16.5. The van der Waals surface area contributed by atoms with E-state index in [0.29, 0.717) is 22.7 Å². The van der Waals surface area contributed by atoms with Gasteiger partial charge in [-0.15, -0.1) is 0 Å². The van der Waals surface area contributed by atoms with E-state index in [9.17, 15) is 9.90 Å². The van der Waals surface area contributed by atoms with Gasteiger partial charge in [-0.1, -0.05) is 18.2 Å². The second-order valence-electron chi connectivity index (χ2n) is 4.44. The fourth-order valence-corrected chi connectivity index (χ4v) is 1.84. The number of phenolic OH excluding ortho intramolecular Hbond substituents is 1. The summed E-state index contributed by atoms with van der Waals surface area (Å²) in [4.78, 5) is 11.9. The van der Waals surface area contributed by atoms with E-state index in [0.717, 1.165) is 0 Å². The van der Waals surface area contributed by atoms with Gasteiger partial charge in [0.05, 0.1) is 12.8 Å². The van der Waals surface area contributed by atoms with E-state index < -0.39 is 0 Å². The van der Waals surface area contributed by atoms with Crippen LogP contribution in [0.1, 0.15) is 5.56 Å². The first-order chi connectivity index (χ1) is 10.1. The minimum absolute atomic E-state index is 0.137. The van der Waals surface area contributed by atoms with Crippen LogP contribution < -0.4 is 14.8 Å². The van der Waals surface area contributed by atoms with Crippen LogP contribution in [0.2, 0.25) is 0 Å². The summed E-state index contributed by atoms with van der Waals surface area (Å²) in [5.74, 6) is 0.893. The van der Waals surface area contributed by atoms with Gasteiger partial charge in [-0.3, -0.25) is 4.79 Å². The largest absolute Gasteiger partial charge is 0.508 e. The van der Waals surface area contributed by atoms with Crippen molar-refractivity contribution < 1.29 is 19.4 Å². The topological polar surface area (TPSA) is 67.8 Å². The molecule has 0 unspecified atom stereocenters. The molecule has 0 spiro atoms. The minimum Gasteiger partial charge on any atom is -0.508 e. The number of anilines is 1. The van der Waals surface area contributed by atoms with Crippen LogP contribution in [-0.4, -0.2) is 24.7 Å². The van der Waals surface area contributed by atoms with Crippen molar-refractivity contribution in [1.29, 1.82) is 0 Å². The Labute approximate surface area is 123 Å². The van der Waals surface area contributed by atoms with Crippen molar-refractivity contribution in [2.75, 3.05) is 19.0 Å². The number of methoxy groups -OCH3 is 1. The van der Waals surface area contributed by atoms with Crippen LogP contribution >= 0.6 is 0 Å². The number of hydrogen-bond donors (Lipinski definition) is 2. The Kier molecular flexibility index (Phi) is 4.66. The molecule has 0 bridgehead atoms. The van der Waals surface area contributed by atoms with Crippen LogP contribution in [0.15, 0.2) is 42.5 Å². The number of amides is 1.